The number of primary amides is 1. The second-order valence-electron chi connectivity index (χ2n) is 5.87. The summed E-state index contributed by atoms with van der Waals surface area (Å²) in [6, 6.07) is 0. The van der Waals surface area contributed by atoms with E-state index in [0.717, 1.165) is 6.20 Å². The topological polar surface area (TPSA) is 137 Å². The fourth-order valence-corrected chi connectivity index (χ4v) is 1.73. The van der Waals surface area contributed by atoms with Crippen LogP contribution in [0.5, 0.6) is 0 Å². The molecule has 9 heteroatoms. The highest BCUT2D eigenvalue weighted by Gasteiger charge is 2.21. The van der Waals surface area contributed by atoms with E-state index in [9.17, 15) is 14.4 Å². The van der Waals surface area contributed by atoms with Gasteiger partial charge < -0.3 is 10.3 Å². The van der Waals surface area contributed by atoms with Crippen LogP contribution in [0.3, 0.4) is 0 Å². The van der Waals surface area contributed by atoms with Gasteiger partial charge in [0.15, 0.2) is 5.82 Å². The average Bonchev–Trinajstić information content (AvgIpc) is 2.86. The highest BCUT2D eigenvalue weighted by molar-refractivity contribution is 5.91. The Hall–Kier alpha value is -2.71. The second kappa shape index (κ2) is 5.58. The highest BCUT2D eigenvalue weighted by atomic mass is 16.5. The summed E-state index contributed by atoms with van der Waals surface area (Å²) < 4.78 is 6.28. The third kappa shape index (κ3) is 3.30. The van der Waals surface area contributed by atoms with E-state index >= 15 is 0 Å². The van der Waals surface area contributed by atoms with Gasteiger partial charge >= 0.3 is 5.69 Å². The van der Waals surface area contributed by atoms with Crippen LogP contribution in [0.4, 0.5) is 0 Å². The van der Waals surface area contributed by atoms with Gasteiger partial charge in [-0.25, -0.2) is 4.79 Å². The molecule has 2 aromatic heterocycles. The first-order valence-corrected chi connectivity index (χ1v) is 6.65. The van der Waals surface area contributed by atoms with Crippen molar-refractivity contribution >= 4 is 5.91 Å². The Labute approximate surface area is 125 Å². The first-order valence-electron chi connectivity index (χ1n) is 6.65. The van der Waals surface area contributed by atoms with Crippen LogP contribution < -0.4 is 17.0 Å². The molecule has 0 unspecified atom stereocenters. The largest absolute Gasteiger partial charge is 0.365 e. The molecule has 118 valence electrons. The third-order valence-corrected chi connectivity index (χ3v) is 2.98. The molecule has 0 aliphatic carbocycles. The molecule has 0 saturated carbocycles. The van der Waals surface area contributed by atoms with Crippen LogP contribution in [0.1, 0.15) is 42.8 Å². The maximum atomic E-state index is 11.7. The molecule has 2 rings (SSSR count). The number of amides is 1. The van der Waals surface area contributed by atoms with E-state index in [0.29, 0.717) is 11.7 Å². The van der Waals surface area contributed by atoms with Gasteiger partial charge in [0.25, 0.3) is 11.5 Å². The molecule has 2 aromatic rings. The van der Waals surface area contributed by atoms with Gasteiger partial charge in [0.1, 0.15) is 5.56 Å². The number of carbonyl (C=O) groups is 1. The number of hydrogen-bond donors (Lipinski definition) is 2. The monoisotopic (exact) mass is 307 g/mol. The van der Waals surface area contributed by atoms with Crippen LogP contribution in [-0.2, 0) is 18.4 Å². The van der Waals surface area contributed by atoms with Gasteiger partial charge in [-0.15, -0.1) is 0 Å². The standard InChI is InChI=1S/C13H17N5O4/c1-13(2,3)11-15-8(22-17-11)4-5-18-6-7(9(14)19)10(20)16-12(18)21/h6H,4-5H2,1-3H3,(H2,14,19)(H,16,20,21). The van der Waals surface area contributed by atoms with E-state index in [1.165, 1.54) is 4.57 Å². The summed E-state index contributed by atoms with van der Waals surface area (Å²) in [5.41, 5.74) is 3.12. The fourth-order valence-electron chi connectivity index (χ4n) is 1.73. The SMILES string of the molecule is CC(C)(C)c1noc(CCn2cc(C(N)=O)c(=O)[nH]c2=O)n1. The number of nitrogens with zero attached hydrogens (tertiary/aromatic N) is 3. The van der Waals surface area contributed by atoms with Crippen molar-refractivity contribution in [3.05, 3.63) is 44.3 Å². The first kappa shape index (κ1) is 15.7. The van der Waals surface area contributed by atoms with E-state index in [-0.39, 0.29) is 23.9 Å². The zero-order valence-corrected chi connectivity index (χ0v) is 12.5. The van der Waals surface area contributed by atoms with Crippen LogP contribution in [-0.4, -0.2) is 25.6 Å². The zero-order valence-electron chi connectivity index (χ0n) is 12.5. The highest BCUT2D eigenvalue weighted by Crippen LogP contribution is 2.18. The number of aromatic amines is 1. The summed E-state index contributed by atoms with van der Waals surface area (Å²) in [7, 11) is 0. The quantitative estimate of drug-likeness (QED) is 0.785. The number of aryl methyl sites for hydroxylation is 2. The minimum absolute atomic E-state index is 0.168. The second-order valence-corrected chi connectivity index (χ2v) is 5.87. The summed E-state index contributed by atoms with van der Waals surface area (Å²) in [6.45, 7) is 6.02. The lowest BCUT2D eigenvalue weighted by Gasteiger charge is -2.10. The Morgan fingerprint density at radius 3 is 2.64 bits per heavy atom. The number of nitrogens with one attached hydrogen (secondary N) is 1. The van der Waals surface area contributed by atoms with Crippen molar-refractivity contribution in [2.45, 2.75) is 39.2 Å². The van der Waals surface area contributed by atoms with Crippen LogP contribution in [0, 0.1) is 0 Å². The molecule has 0 fully saturated rings. The molecule has 0 atom stereocenters. The van der Waals surface area contributed by atoms with Crippen LogP contribution in [0.25, 0.3) is 0 Å². The van der Waals surface area contributed by atoms with Gasteiger partial charge in [0.05, 0.1) is 0 Å². The number of hydrogen-bond acceptors (Lipinski definition) is 6. The van der Waals surface area contributed by atoms with E-state index in [1.54, 1.807) is 0 Å². The summed E-state index contributed by atoms with van der Waals surface area (Å²) >= 11 is 0. The van der Waals surface area contributed by atoms with Crippen molar-refractivity contribution in [3.8, 4) is 0 Å². The summed E-state index contributed by atoms with van der Waals surface area (Å²) in [6.07, 6.45) is 1.41. The zero-order chi connectivity index (χ0) is 16.5. The van der Waals surface area contributed by atoms with Crippen LogP contribution in [0.15, 0.2) is 20.3 Å². The predicted octanol–water partition coefficient (Wildman–Crippen LogP) is -0.441. The third-order valence-electron chi connectivity index (χ3n) is 2.98. The number of nitrogens with two attached hydrogens (primary N) is 1. The summed E-state index contributed by atoms with van der Waals surface area (Å²) in [5.74, 6) is 0.0283. The number of carbonyl (C=O) groups excluding carboxylic acids is 1. The van der Waals surface area contributed by atoms with Crippen molar-refractivity contribution in [1.29, 1.82) is 0 Å². The smallest absolute Gasteiger partial charge is 0.328 e. The lowest BCUT2D eigenvalue weighted by atomic mass is 9.96. The van der Waals surface area contributed by atoms with Gasteiger partial charge in [-0.05, 0) is 0 Å². The molecule has 0 aromatic carbocycles. The number of aromatic nitrogens is 4. The Bertz CT molecular complexity index is 809. The van der Waals surface area contributed by atoms with Gasteiger partial charge in [-0.3, -0.25) is 19.1 Å². The molecular formula is C13H17N5O4. The van der Waals surface area contributed by atoms with Crippen molar-refractivity contribution in [2.75, 3.05) is 0 Å². The van der Waals surface area contributed by atoms with Crippen molar-refractivity contribution < 1.29 is 9.32 Å². The molecule has 9 nitrogen and oxygen atoms in total. The Balaban J connectivity index is 2.20. The summed E-state index contributed by atoms with van der Waals surface area (Å²) in [5, 5.41) is 3.88. The molecule has 3 N–H and O–H groups in total. The number of rotatable bonds is 4. The molecule has 22 heavy (non-hydrogen) atoms. The lowest BCUT2D eigenvalue weighted by Crippen LogP contribution is -2.35. The van der Waals surface area contributed by atoms with Crippen molar-refractivity contribution in [2.24, 2.45) is 5.73 Å². The average molecular weight is 307 g/mol. The van der Waals surface area contributed by atoms with E-state index < -0.39 is 17.2 Å². The molecule has 0 saturated heterocycles. The van der Waals surface area contributed by atoms with Crippen LogP contribution >= 0.6 is 0 Å². The molecule has 0 bridgehead atoms. The molecule has 0 aliphatic heterocycles. The predicted molar refractivity (Wildman–Crippen MR) is 76.5 cm³/mol. The Kier molecular flexibility index (Phi) is 3.98. The lowest BCUT2D eigenvalue weighted by molar-refractivity contribution is 0.0998. The molecule has 0 aliphatic rings. The molecule has 1 amide bonds. The van der Waals surface area contributed by atoms with E-state index in [2.05, 4.69) is 10.1 Å². The minimum atomic E-state index is -0.900. The Morgan fingerprint density at radius 2 is 2.09 bits per heavy atom. The molecule has 2 heterocycles. The van der Waals surface area contributed by atoms with Crippen molar-refractivity contribution in [3.63, 3.8) is 0 Å². The molecular weight excluding hydrogens is 290 g/mol. The fraction of sp³-hybridized carbons (Fsp3) is 0.462. The van der Waals surface area contributed by atoms with Gasteiger partial charge in [0, 0.05) is 24.6 Å². The maximum absolute atomic E-state index is 11.7. The molecule has 0 radical (unpaired) electrons. The molecule has 0 spiro atoms. The van der Waals surface area contributed by atoms with Crippen LogP contribution in [0.2, 0.25) is 0 Å². The van der Waals surface area contributed by atoms with E-state index in [1.807, 2.05) is 25.8 Å². The number of H-pyrrole nitrogens is 1. The van der Waals surface area contributed by atoms with Crippen molar-refractivity contribution in [1.82, 2.24) is 19.7 Å². The first-order chi connectivity index (χ1) is 10.2. The summed E-state index contributed by atoms with van der Waals surface area (Å²) in [4.78, 5) is 40.5. The minimum Gasteiger partial charge on any atom is -0.365 e. The van der Waals surface area contributed by atoms with E-state index in [4.69, 9.17) is 10.3 Å². The van der Waals surface area contributed by atoms with Gasteiger partial charge in [0.2, 0.25) is 5.89 Å². The maximum Gasteiger partial charge on any atom is 0.328 e. The Morgan fingerprint density at radius 1 is 1.41 bits per heavy atom. The van der Waals surface area contributed by atoms with Gasteiger partial charge in [-0.2, -0.15) is 4.98 Å². The normalized spacial score (nSPS) is 11.6. The van der Waals surface area contributed by atoms with Gasteiger partial charge in [-0.1, -0.05) is 25.9 Å².